The Morgan fingerprint density at radius 1 is 1.14 bits per heavy atom. The minimum absolute atomic E-state index is 0.0241. The van der Waals surface area contributed by atoms with Gasteiger partial charge in [0.05, 0.1) is 12.1 Å². The number of allylic oxidation sites excluding steroid dienone is 2. The molecule has 3 aliphatic carbocycles. The standard InChI is InChI=1S/C34H49N3O4S2/c1-32-11-13-42-43-21-33(26(18-36-31(35)37-33)14-22-6-2-3-7-23(22)19-39)10-4-8-27-29-16-25(32)15-24(20-40)28(9-5-12-38)34(29,32)17-30(27)41/h2-3,6-7,24-26,28,38-40H,4-5,8-21H2,1H3,(H3,35,36,37). The lowest BCUT2D eigenvalue weighted by atomic mass is 9.47. The molecule has 0 amide bonds. The van der Waals surface area contributed by atoms with Crippen molar-refractivity contribution in [2.24, 2.45) is 45.2 Å². The van der Waals surface area contributed by atoms with Gasteiger partial charge in [-0.2, -0.15) is 0 Å². The molecule has 9 heteroatoms. The second kappa shape index (κ2) is 12.7. The van der Waals surface area contributed by atoms with Gasteiger partial charge in [-0.3, -0.25) is 9.79 Å². The van der Waals surface area contributed by atoms with Gasteiger partial charge in [0.15, 0.2) is 11.7 Å². The van der Waals surface area contributed by atoms with Crippen LogP contribution in [0.3, 0.4) is 0 Å². The number of nitrogens with zero attached hydrogens (tertiary/aromatic N) is 1. The van der Waals surface area contributed by atoms with Crippen LogP contribution in [0.5, 0.6) is 0 Å². The van der Waals surface area contributed by atoms with Crippen molar-refractivity contribution in [2.75, 3.05) is 31.3 Å². The molecule has 43 heavy (non-hydrogen) atoms. The van der Waals surface area contributed by atoms with E-state index in [4.69, 9.17) is 5.73 Å². The number of benzene rings is 1. The zero-order valence-electron chi connectivity index (χ0n) is 25.5. The summed E-state index contributed by atoms with van der Waals surface area (Å²) >= 11 is 0. The number of guanidine groups is 1. The highest BCUT2D eigenvalue weighted by atomic mass is 33.1. The number of aliphatic imine (C=N–C) groups is 1. The first-order chi connectivity index (χ1) is 20.8. The number of Topliss-reactive ketones (excluding diaryl/α,β-unsaturated/α-hetero) is 1. The number of carbonyl (C=O) groups is 1. The molecular weight excluding hydrogens is 579 g/mol. The molecule has 1 aromatic rings. The van der Waals surface area contributed by atoms with E-state index in [0.29, 0.717) is 30.6 Å². The van der Waals surface area contributed by atoms with Crippen molar-refractivity contribution in [3.8, 4) is 0 Å². The SMILES string of the molecule is CC12CCSSCC3(CCCC4=C5CC1CC(CO)C(CCCO)C52CC4=O)NC(N)=NCC3Cc1ccccc1CO. The van der Waals surface area contributed by atoms with Gasteiger partial charge < -0.3 is 26.4 Å². The average molecular weight is 628 g/mol. The second-order valence-corrected chi connectivity index (χ2v) is 16.6. The molecule has 7 nitrogen and oxygen atoms in total. The molecular formula is C34H49N3O4S2. The molecule has 6 N–H and O–H groups in total. The lowest BCUT2D eigenvalue weighted by molar-refractivity contribution is -0.125. The van der Waals surface area contributed by atoms with Crippen LogP contribution >= 0.6 is 21.6 Å². The fraction of sp³-hybridized carbons (Fsp3) is 0.706. The summed E-state index contributed by atoms with van der Waals surface area (Å²) in [7, 11) is 3.89. The van der Waals surface area contributed by atoms with Crippen LogP contribution in [0.1, 0.15) is 75.8 Å². The third kappa shape index (κ3) is 5.29. The number of aliphatic hydroxyl groups excluding tert-OH is 3. The van der Waals surface area contributed by atoms with Gasteiger partial charge in [-0.15, -0.1) is 0 Å². The molecule has 1 aromatic carbocycles. The summed E-state index contributed by atoms with van der Waals surface area (Å²) in [6, 6.07) is 8.14. The van der Waals surface area contributed by atoms with Gasteiger partial charge in [0.2, 0.25) is 0 Å². The molecule has 2 saturated carbocycles. The molecule has 6 rings (SSSR count). The Kier molecular flexibility index (Phi) is 9.29. The van der Waals surface area contributed by atoms with E-state index < -0.39 is 0 Å². The van der Waals surface area contributed by atoms with Crippen molar-refractivity contribution >= 4 is 33.3 Å². The van der Waals surface area contributed by atoms with Crippen molar-refractivity contribution in [2.45, 2.75) is 83.3 Å². The zero-order chi connectivity index (χ0) is 30.2. The predicted molar refractivity (Wildman–Crippen MR) is 176 cm³/mol. The third-order valence-electron chi connectivity index (χ3n) is 12.3. The molecule has 2 heterocycles. The molecule has 0 saturated heterocycles. The monoisotopic (exact) mass is 627 g/mol. The van der Waals surface area contributed by atoms with E-state index in [1.54, 1.807) is 0 Å². The number of nitrogens with two attached hydrogens (primary N) is 1. The smallest absolute Gasteiger partial charge is 0.189 e. The molecule has 0 aromatic heterocycles. The van der Waals surface area contributed by atoms with Crippen LogP contribution in [0.15, 0.2) is 40.4 Å². The first kappa shape index (κ1) is 31.5. The molecule has 7 atom stereocenters. The summed E-state index contributed by atoms with van der Waals surface area (Å²) in [5.74, 6) is 3.90. The predicted octanol–water partition coefficient (Wildman–Crippen LogP) is 4.63. The van der Waals surface area contributed by atoms with Crippen molar-refractivity contribution in [3.63, 3.8) is 0 Å². The molecule has 236 valence electrons. The second-order valence-electron chi connectivity index (χ2n) is 14.0. The summed E-state index contributed by atoms with van der Waals surface area (Å²) < 4.78 is 0. The van der Waals surface area contributed by atoms with Crippen LogP contribution in [0.4, 0.5) is 0 Å². The maximum atomic E-state index is 14.0. The lowest BCUT2D eigenvalue weighted by Crippen LogP contribution is -2.62. The van der Waals surface area contributed by atoms with Crippen LogP contribution in [0.25, 0.3) is 0 Å². The van der Waals surface area contributed by atoms with Crippen molar-refractivity contribution in [1.29, 1.82) is 0 Å². The molecule has 2 aliphatic heterocycles. The lowest BCUT2D eigenvalue weighted by Gasteiger charge is -2.57. The third-order valence-corrected chi connectivity index (χ3v) is 14.8. The summed E-state index contributed by atoms with van der Waals surface area (Å²) in [4.78, 5) is 18.6. The van der Waals surface area contributed by atoms with E-state index in [0.717, 1.165) is 86.0 Å². The van der Waals surface area contributed by atoms with Crippen molar-refractivity contribution in [3.05, 3.63) is 46.5 Å². The number of carbonyl (C=O) groups excluding carboxylic acids is 1. The number of aliphatic hydroxyl groups is 3. The minimum Gasteiger partial charge on any atom is -0.396 e. The summed E-state index contributed by atoms with van der Waals surface area (Å²) in [6.07, 6.45) is 8.65. The first-order valence-corrected chi connectivity index (χ1v) is 18.8. The number of hydrogen-bond acceptors (Lipinski definition) is 9. The Morgan fingerprint density at radius 3 is 2.72 bits per heavy atom. The molecule has 2 fully saturated rings. The highest BCUT2D eigenvalue weighted by Crippen LogP contribution is 2.75. The minimum atomic E-state index is -0.255. The van der Waals surface area contributed by atoms with Crippen LogP contribution in [-0.4, -0.2) is 63.9 Å². The highest BCUT2D eigenvalue weighted by Gasteiger charge is 2.69. The van der Waals surface area contributed by atoms with E-state index >= 15 is 0 Å². The average Bonchev–Trinajstić information content (AvgIpc) is 3.34. The van der Waals surface area contributed by atoms with E-state index in [9.17, 15) is 20.1 Å². The quantitative estimate of drug-likeness (QED) is 0.277. The fourth-order valence-corrected chi connectivity index (χ4v) is 13.0. The number of hydrogen-bond donors (Lipinski definition) is 5. The Labute approximate surface area is 264 Å². The molecule has 5 aliphatic rings. The van der Waals surface area contributed by atoms with E-state index in [2.05, 4.69) is 23.3 Å². The van der Waals surface area contributed by atoms with E-state index in [1.165, 1.54) is 5.57 Å². The van der Waals surface area contributed by atoms with Gasteiger partial charge in [0.1, 0.15) is 0 Å². The molecule has 7 unspecified atom stereocenters. The van der Waals surface area contributed by atoms with E-state index in [-0.39, 0.29) is 53.9 Å². The topological polar surface area (TPSA) is 128 Å². The molecule has 5 bridgehead atoms. The van der Waals surface area contributed by atoms with Crippen molar-refractivity contribution < 1.29 is 20.1 Å². The van der Waals surface area contributed by atoms with Crippen LogP contribution in [0.2, 0.25) is 0 Å². The Balaban J connectivity index is 1.34. The Bertz CT molecular complexity index is 1270. The Morgan fingerprint density at radius 2 is 1.95 bits per heavy atom. The number of rotatable bonds is 7. The van der Waals surface area contributed by atoms with Gasteiger partial charge in [-0.25, -0.2) is 0 Å². The molecule has 2 spiro atoms. The van der Waals surface area contributed by atoms with E-state index in [1.807, 2.05) is 39.8 Å². The fourth-order valence-electron chi connectivity index (χ4n) is 10.1. The van der Waals surface area contributed by atoms with Gasteiger partial charge in [-0.05, 0) is 97.7 Å². The maximum absolute atomic E-state index is 14.0. The largest absolute Gasteiger partial charge is 0.396 e. The van der Waals surface area contributed by atoms with Gasteiger partial charge in [-0.1, -0.05) is 58.4 Å². The van der Waals surface area contributed by atoms with Crippen LogP contribution in [-0.2, 0) is 17.8 Å². The first-order valence-electron chi connectivity index (χ1n) is 16.3. The summed E-state index contributed by atoms with van der Waals surface area (Å²) in [5.41, 5.74) is 10.6. The van der Waals surface area contributed by atoms with Gasteiger partial charge >= 0.3 is 0 Å². The van der Waals surface area contributed by atoms with Crippen molar-refractivity contribution in [1.82, 2.24) is 5.32 Å². The highest BCUT2D eigenvalue weighted by molar-refractivity contribution is 8.76. The Hall–Kier alpha value is -1.52. The van der Waals surface area contributed by atoms with Crippen LogP contribution in [0, 0.1) is 34.5 Å². The van der Waals surface area contributed by atoms with Gasteiger partial charge in [0.25, 0.3) is 0 Å². The summed E-state index contributed by atoms with van der Waals surface area (Å²) in [5, 5.41) is 34.0. The summed E-state index contributed by atoms with van der Waals surface area (Å²) in [6.45, 7) is 3.46. The zero-order valence-corrected chi connectivity index (χ0v) is 27.2. The number of ketones is 1. The number of nitrogens with one attached hydrogen (secondary N) is 1. The van der Waals surface area contributed by atoms with Gasteiger partial charge in [0, 0.05) is 49.0 Å². The van der Waals surface area contributed by atoms with Crippen LogP contribution < -0.4 is 11.1 Å². The maximum Gasteiger partial charge on any atom is 0.189 e. The molecule has 0 radical (unpaired) electrons. The normalized spacial score (nSPS) is 37.9.